The van der Waals surface area contributed by atoms with E-state index in [1.165, 1.54) is 0 Å². The number of nitrogens with one attached hydrogen (secondary N) is 1. The van der Waals surface area contributed by atoms with E-state index in [0.29, 0.717) is 30.5 Å². The summed E-state index contributed by atoms with van der Waals surface area (Å²) in [5, 5.41) is 2.98. The lowest BCUT2D eigenvalue weighted by atomic mass is 10.2. The fraction of sp³-hybridized carbons (Fsp3) is 0.357. The number of guanidine groups is 1. The predicted octanol–water partition coefficient (Wildman–Crippen LogP) is 3.06. The van der Waals surface area contributed by atoms with Crippen molar-refractivity contribution < 1.29 is 9.47 Å². The van der Waals surface area contributed by atoms with Crippen LogP contribution in [0.15, 0.2) is 33.7 Å². The Bertz CT molecular complexity index is 521. The van der Waals surface area contributed by atoms with E-state index in [-0.39, 0.29) is 24.0 Å². The van der Waals surface area contributed by atoms with Crippen LogP contribution < -0.4 is 20.5 Å². The standard InChI is InChI=1S/C14H20BrN3O2.HI/c1-9(2)7-17-14(16)18-8-10-5-12(19-3)13(20-4)6-11(10)15;/h5-6H,1,7-8H2,2-4H3,(H3,16,17,18);1H. The Kier molecular flexibility index (Phi) is 9.43. The van der Waals surface area contributed by atoms with Gasteiger partial charge >= 0.3 is 0 Å². The maximum atomic E-state index is 5.77. The van der Waals surface area contributed by atoms with Crippen LogP contribution in [0.25, 0.3) is 0 Å². The molecule has 0 spiro atoms. The molecule has 118 valence electrons. The smallest absolute Gasteiger partial charge is 0.189 e. The highest BCUT2D eigenvalue weighted by molar-refractivity contribution is 14.0. The van der Waals surface area contributed by atoms with E-state index in [9.17, 15) is 0 Å². The van der Waals surface area contributed by atoms with Crippen molar-refractivity contribution in [2.24, 2.45) is 10.7 Å². The molecular weight excluding hydrogens is 449 g/mol. The second kappa shape index (κ2) is 9.88. The van der Waals surface area contributed by atoms with Crippen molar-refractivity contribution in [1.29, 1.82) is 0 Å². The molecule has 5 nitrogen and oxygen atoms in total. The molecule has 3 N–H and O–H groups in total. The Morgan fingerprint density at radius 1 is 1.33 bits per heavy atom. The highest BCUT2D eigenvalue weighted by Gasteiger charge is 2.09. The molecule has 0 heterocycles. The first-order chi connectivity index (χ1) is 9.47. The van der Waals surface area contributed by atoms with E-state index in [1.54, 1.807) is 14.2 Å². The molecule has 0 aliphatic carbocycles. The molecule has 1 aromatic carbocycles. The van der Waals surface area contributed by atoms with E-state index in [2.05, 4.69) is 32.8 Å². The molecule has 0 aromatic heterocycles. The SMILES string of the molecule is C=C(C)CNC(N)=NCc1cc(OC)c(OC)cc1Br.I. The number of benzene rings is 1. The van der Waals surface area contributed by atoms with Gasteiger partial charge in [0, 0.05) is 11.0 Å². The van der Waals surface area contributed by atoms with Crippen molar-refractivity contribution in [1.82, 2.24) is 5.32 Å². The Balaban J connectivity index is 0.00000400. The van der Waals surface area contributed by atoms with Gasteiger partial charge in [0.2, 0.25) is 0 Å². The van der Waals surface area contributed by atoms with Crippen molar-refractivity contribution >= 4 is 45.9 Å². The number of aliphatic imine (C=N–C) groups is 1. The molecule has 1 rings (SSSR count). The molecule has 7 heteroatoms. The molecule has 0 fully saturated rings. The molecule has 0 bridgehead atoms. The first-order valence-electron chi connectivity index (χ1n) is 6.06. The largest absolute Gasteiger partial charge is 0.493 e. The van der Waals surface area contributed by atoms with Gasteiger partial charge in [-0.25, -0.2) is 4.99 Å². The molecule has 0 radical (unpaired) electrons. The van der Waals surface area contributed by atoms with E-state index < -0.39 is 0 Å². The van der Waals surface area contributed by atoms with Gasteiger partial charge in [0.1, 0.15) is 0 Å². The topological polar surface area (TPSA) is 68.9 Å². The summed E-state index contributed by atoms with van der Waals surface area (Å²) in [5.74, 6) is 1.71. The Morgan fingerprint density at radius 3 is 2.43 bits per heavy atom. The third kappa shape index (κ3) is 6.56. The number of ether oxygens (including phenoxy) is 2. The second-order valence-corrected chi connectivity index (χ2v) is 5.17. The van der Waals surface area contributed by atoms with Crippen LogP contribution in [0.3, 0.4) is 0 Å². The molecule has 0 saturated carbocycles. The van der Waals surface area contributed by atoms with Crippen LogP contribution in [0.4, 0.5) is 0 Å². The first-order valence-corrected chi connectivity index (χ1v) is 6.85. The van der Waals surface area contributed by atoms with E-state index >= 15 is 0 Å². The molecule has 1 aromatic rings. The van der Waals surface area contributed by atoms with Crippen LogP contribution in [0.1, 0.15) is 12.5 Å². The van der Waals surface area contributed by atoms with Crippen LogP contribution in [-0.4, -0.2) is 26.7 Å². The number of rotatable bonds is 6. The zero-order chi connectivity index (χ0) is 15.1. The van der Waals surface area contributed by atoms with E-state index in [1.807, 2.05) is 19.1 Å². The monoisotopic (exact) mass is 469 g/mol. The number of hydrogen-bond acceptors (Lipinski definition) is 3. The van der Waals surface area contributed by atoms with Gasteiger partial charge in [0.15, 0.2) is 17.5 Å². The van der Waals surface area contributed by atoms with Crippen LogP contribution in [0.5, 0.6) is 11.5 Å². The van der Waals surface area contributed by atoms with Gasteiger partial charge < -0.3 is 20.5 Å². The summed E-state index contributed by atoms with van der Waals surface area (Å²) in [5.41, 5.74) is 7.73. The van der Waals surface area contributed by atoms with E-state index in [0.717, 1.165) is 15.6 Å². The summed E-state index contributed by atoms with van der Waals surface area (Å²) >= 11 is 3.48. The van der Waals surface area contributed by atoms with Gasteiger partial charge in [0.25, 0.3) is 0 Å². The highest BCUT2D eigenvalue weighted by Crippen LogP contribution is 2.33. The fourth-order valence-electron chi connectivity index (χ4n) is 1.49. The summed E-state index contributed by atoms with van der Waals surface area (Å²) in [6, 6.07) is 3.72. The maximum Gasteiger partial charge on any atom is 0.189 e. The van der Waals surface area contributed by atoms with Crippen molar-refractivity contribution in [3.05, 3.63) is 34.3 Å². The number of nitrogens with two attached hydrogens (primary N) is 1. The van der Waals surface area contributed by atoms with Gasteiger partial charge in [-0.2, -0.15) is 0 Å². The lowest BCUT2D eigenvalue weighted by Gasteiger charge is -2.11. The minimum atomic E-state index is 0. The Morgan fingerprint density at radius 2 is 1.90 bits per heavy atom. The maximum absolute atomic E-state index is 5.77. The molecule has 21 heavy (non-hydrogen) atoms. The predicted molar refractivity (Wildman–Crippen MR) is 101 cm³/mol. The summed E-state index contributed by atoms with van der Waals surface area (Å²) in [4.78, 5) is 4.27. The minimum absolute atomic E-state index is 0. The molecule has 0 amide bonds. The normalized spacial score (nSPS) is 10.6. The Labute approximate surface area is 151 Å². The number of halogens is 2. The van der Waals surface area contributed by atoms with Gasteiger partial charge in [-0.3, -0.25) is 0 Å². The summed E-state index contributed by atoms with van der Waals surface area (Å²) in [7, 11) is 3.20. The lowest BCUT2D eigenvalue weighted by molar-refractivity contribution is 0.354. The Hall–Kier alpha value is -0.960. The molecule has 0 aliphatic heterocycles. The zero-order valence-electron chi connectivity index (χ0n) is 12.4. The molecule has 0 saturated heterocycles. The molecule has 0 aliphatic rings. The van der Waals surface area contributed by atoms with Crippen molar-refractivity contribution in [3.63, 3.8) is 0 Å². The van der Waals surface area contributed by atoms with Crippen LogP contribution in [0, 0.1) is 0 Å². The zero-order valence-corrected chi connectivity index (χ0v) is 16.3. The highest BCUT2D eigenvalue weighted by atomic mass is 127. The van der Waals surface area contributed by atoms with Crippen molar-refractivity contribution in [2.45, 2.75) is 13.5 Å². The molecule has 0 unspecified atom stereocenters. The summed E-state index contributed by atoms with van der Waals surface area (Å²) in [6.45, 7) is 6.77. The van der Waals surface area contributed by atoms with Gasteiger partial charge in [0.05, 0.1) is 20.8 Å². The quantitative estimate of drug-likeness (QED) is 0.291. The molecular formula is C14H21BrIN3O2. The van der Waals surface area contributed by atoms with Crippen LogP contribution in [0.2, 0.25) is 0 Å². The third-order valence-electron chi connectivity index (χ3n) is 2.54. The van der Waals surface area contributed by atoms with Gasteiger partial charge in [-0.1, -0.05) is 28.1 Å². The van der Waals surface area contributed by atoms with Gasteiger partial charge in [-0.15, -0.1) is 24.0 Å². The summed E-state index contributed by atoms with van der Waals surface area (Å²) < 4.78 is 11.4. The molecule has 0 atom stereocenters. The van der Waals surface area contributed by atoms with E-state index in [4.69, 9.17) is 15.2 Å². The first kappa shape index (κ1) is 20.0. The van der Waals surface area contributed by atoms with Crippen molar-refractivity contribution in [2.75, 3.05) is 20.8 Å². The van der Waals surface area contributed by atoms with Gasteiger partial charge in [-0.05, 0) is 24.6 Å². The summed E-state index contributed by atoms with van der Waals surface area (Å²) in [6.07, 6.45) is 0. The number of methoxy groups -OCH3 is 2. The fourth-order valence-corrected chi connectivity index (χ4v) is 1.93. The van der Waals surface area contributed by atoms with Crippen LogP contribution in [-0.2, 0) is 6.54 Å². The third-order valence-corrected chi connectivity index (χ3v) is 3.28. The van der Waals surface area contributed by atoms with Crippen LogP contribution >= 0.6 is 39.9 Å². The average molecular weight is 470 g/mol. The number of nitrogens with zero attached hydrogens (tertiary/aromatic N) is 1. The lowest BCUT2D eigenvalue weighted by Crippen LogP contribution is -2.32. The second-order valence-electron chi connectivity index (χ2n) is 4.31. The van der Waals surface area contributed by atoms with Crippen molar-refractivity contribution in [3.8, 4) is 11.5 Å². The minimum Gasteiger partial charge on any atom is -0.493 e. The average Bonchev–Trinajstić information content (AvgIpc) is 2.43. The number of hydrogen-bond donors (Lipinski definition) is 2.